The number of benzene rings is 4. The highest BCUT2D eigenvalue weighted by Crippen LogP contribution is 2.54. The molecule has 3 nitrogen and oxygen atoms in total. The molecule has 5 rings (SSSR count). The maximum Gasteiger partial charge on any atom is 0.144 e. The molecule has 0 amide bonds. The molecule has 164 valence electrons. The molecule has 4 aromatic carbocycles. The molecule has 33 heavy (non-hydrogen) atoms. The second-order valence-corrected chi connectivity index (χ2v) is 11.8. The zero-order chi connectivity index (χ0) is 22.3. The quantitative estimate of drug-likeness (QED) is 0.270. The zero-order valence-corrected chi connectivity index (χ0v) is 19.7. The summed E-state index contributed by atoms with van der Waals surface area (Å²) in [6, 6.07) is 41.6. The molecule has 4 heteroatoms. The highest BCUT2D eigenvalue weighted by molar-refractivity contribution is 8.01. The lowest BCUT2D eigenvalue weighted by molar-refractivity contribution is 0.224. The summed E-state index contributed by atoms with van der Waals surface area (Å²) in [6.07, 6.45) is 3.71. The third-order valence-corrected chi connectivity index (χ3v) is 10.6. The van der Waals surface area contributed by atoms with Crippen LogP contribution in [-0.2, 0) is 0 Å². The Morgan fingerprint density at radius 1 is 0.485 bits per heavy atom. The van der Waals surface area contributed by atoms with Crippen LogP contribution in [0, 0.1) is 0 Å². The summed E-state index contributed by atoms with van der Waals surface area (Å²) >= 11 is 0. The van der Waals surface area contributed by atoms with Crippen molar-refractivity contribution in [3.8, 4) is 0 Å². The summed E-state index contributed by atoms with van der Waals surface area (Å²) in [5.41, 5.74) is 0.900. The van der Waals surface area contributed by atoms with Crippen molar-refractivity contribution in [3.63, 3.8) is 0 Å². The molecule has 0 radical (unpaired) electrons. The van der Waals surface area contributed by atoms with E-state index in [0.717, 1.165) is 18.8 Å². The van der Waals surface area contributed by atoms with E-state index in [2.05, 4.69) is 131 Å². The Labute approximate surface area is 197 Å². The summed E-state index contributed by atoms with van der Waals surface area (Å²) in [7, 11) is -2.05. The van der Waals surface area contributed by atoms with E-state index >= 15 is 0 Å². The van der Waals surface area contributed by atoms with E-state index in [0.29, 0.717) is 0 Å². The molecule has 1 saturated heterocycles. The smallest absolute Gasteiger partial charge is 0.144 e. The van der Waals surface area contributed by atoms with E-state index in [1.807, 2.05) is 0 Å². The maximum absolute atomic E-state index is 4.53. The van der Waals surface area contributed by atoms with Gasteiger partial charge in [0.2, 0.25) is 0 Å². The lowest BCUT2D eigenvalue weighted by atomic mass is 10.2. The molecule has 0 spiro atoms. The highest BCUT2D eigenvalue weighted by atomic mass is 31.2. The molecular weight excluding hydrogens is 421 g/mol. The van der Waals surface area contributed by atoms with Crippen LogP contribution in [0.5, 0.6) is 0 Å². The van der Waals surface area contributed by atoms with Gasteiger partial charge >= 0.3 is 0 Å². The maximum atomic E-state index is 4.53. The Hall–Kier alpha value is -3.29. The average Bonchev–Trinajstić information content (AvgIpc) is 2.91. The van der Waals surface area contributed by atoms with Crippen molar-refractivity contribution in [3.05, 3.63) is 115 Å². The molecule has 1 fully saturated rings. The Morgan fingerprint density at radius 3 is 1.36 bits per heavy atom. The van der Waals surface area contributed by atoms with Crippen LogP contribution in [0.15, 0.2) is 126 Å². The van der Waals surface area contributed by atoms with Crippen molar-refractivity contribution in [2.24, 2.45) is 10.3 Å². The van der Waals surface area contributed by atoms with Gasteiger partial charge in [0.25, 0.3) is 0 Å². The van der Waals surface area contributed by atoms with E-state index in [1.165, 1.54) is 40.5 Å². The van der Waals surface area contributed by atoms with Gasteiger partial charge in [-0.2, -0.15) is 0 Å². The first-order chi connectivity index (χ1) is 16.4. The zero-order valence-electron chi connectivity index (χ0n) is 18.8. The van der Waals surface area contributed by atoms with Gasteiger partial charge in [-0.3, -0.25) is 5.01 Å². The molecule has 1 aliphatic heterocycles. The third kappa shape index (κ3) is 4.47. The molecule has 1 heterocycles. The van der Waals surface area contributed by atoms with E-state index in [4.69, 9.17) is 0 Å². The van der Waals surface area contributed by atoms with Crippen LogP contribution in [0.3, 0.4) is 0 Å². The largest absolute Gasteiger partial charge is 0.278 e. The van der Waals surface area contributed by atoms with Gasteiger partial charge in [0.1, 0.15) is 28.5 Å². The number of hydrogen-bond donors (Lipinski definition) is 0. The van der Waals surface area contributed by atoms with Crippen molar-refractivity contribution in [2.75, 3.05) is 13.1 Å². The molecular formula is C29H29N3P+. The van der Waals surface area contributed by atoms with E-state index in [9.17, 15) is 0 Å². The Kier molecular flexibility index (Phi) is 6.60. The van der Waals surface area contributed by atoms with Crippen LogP contribution < -0.4 is 21.2 Å². The minimum atomic E-state index is -2.05. The minimum absolute atomic E-state index is 0.900. The van der Waals surface area contributed by atoms with Crippen LogP contribution >= 0.6 is 7.26 Å². The van der Waals surface area contributed by atoms with Crippen molar-refractivity contribution in [2.45, 2.75) is 19.3 Å². The molecule has 0 bridgehead atoms. The van der Waals surface area contributed by atoms with Gasteiger partial charge in [0.05, 0.1) is 5.69 Å². The molecule has 0 aromatic heterocycles. The molecule has 1 aliphatic rings. The van der Waals surface area contributed by atoms with E-state index in [-0.39, 0.29) is 0 Å². The number of hydrogen-bond acceptors (Lipinski definition) is 2. The number of piperidine rings is 1. The van der Waals surface area contributed by atoms with Crippen molar-refractivity contribution < 1.29 is 0 Å². The monoisotopic (exact) mass is 450 g/mol. The second kappa shape index (κ2) is 10.1. The fraction of sp³-hybridized carbons (Fsp3) is 0.172. The van der Waals surface area contributed by atoms with Crippen molar-refractivity contribution in [1.82, 2.24) is 5.01 Å². The highest BCUT2D eigenvalue weighted by Gasteiger charge is 2.47. The van der Waals surface area contributed by atoms with Crippen molar-refractivity contribution >= 4 is 34.2 Å². The van der Waals surface area contributed by atoms with Crippen LogP contribution in [0.4, 0.5) is 5.69 Å². The van der Waals surface area contributed by atoms with Gasteiger partial charge < -0.3 is 0 Å². The molecule has 0 unspecified atom stereocenters. The topological polar surface area (TPSA) is 28.0 Å². The minimum Gasteiger partial charge on any atom is -0.278 e. The van der Waals surface area contributed by atoms with Crippen LogP contribution in [0.2, 0.25) is 0 Å². The summed E-state index contributed by atoms with van der Waals surface area (Å²) in [5, 5.41) is 16.5. The van der Waals surface area contributed by atoms with Gasteiger partial charge in [-0.1, -0.05) is 59.8 Å². The molecule has 0 atom stereocenters. The first-order valence-electron chi connectivity index (χ1n) is 11.7. The summed E-state index contributed by atoms with van der Waals surface area (Å²) in [6.45, 7) is 2.01. The average molecular weight is 451 g/mol. The third-order valence-electron chi connectivity index (χ3n) is 6.29. The summed E-state index contributed by atoms with van der Waals surface area (Å²) < 4.78 is 0. The Bertz CT molecular complexity index is 1070. The fourth-order valence-corrected chi connectivity index (χ4v) is 8.92. The lowest BCUT2D eigenvalue weighted by Crippen LogP contribution is -2.38. The van der Waals surface area contributed by atoms with Crippen molar-refractivity contribution in [1.29, 1.82) is 0 Å². The van der Waals surface area contributed by atoms with Gasteiger partial charge in [-0.25, -0.2) is 0 Å². The normalized spacial score (nSPS) is 14.5. The predicted octanol–water partition coefficient (Wildman–Crippen LogP) is 5.79. The molecule has 4 aromatic rings. The van der Waals surface area contributed by atoms with E-state index in [1.54, 1.807) is 0 Å². The van der Waals surface area contributed by atoms with Gasteiger partial charge in [-0.15, -0.1) is 5.11 Å². The van der Waals surface area contributed by atoms with Gasteiger partial charge in [-0.05, 0) is 79.9 Å². The SMILES string of the molecule is c1ccc([P+](c2ccccc2)(c2ccccc2)c2ccc(N=NN3CCCCC3)cc2)cc1. The number of rotatable bonds is 6. The van der Waals surface area contributed by atoms with E-state index < -0.39 is 7.26 Å². The first-order valence-corrected chi connectivity index (χ1v) is 13.5. The van der Waals surface area contributed by atoms with Crippen LogP contribution in [0.25, 0.3) is 0 Å². The Balaban J connectivity index is 1.62. The van der Waals surface area contributed by atoms with Gasteiger partial charge in [0.15, 0.2) is 0 Å². The molecule has 0 aliphatic carbocycles. The molecule has 0 saturated carbocycles. The standard InChI is InChI=1S/C29H29N3P/c1-5-13-26(14-6-1)33(27-15-7-2-8-16-27,28-17-9-3-10-18-28)29-21-19-25(20-22-29)30-31-32-23-11-4-12-24-32/h1-3,5-10,13-22H,4,11-12,23-24H2/q+1. The lowest BCUT2D eigenvalue weighted by Gasteiger charge is -2.27. The first kappa shape index (κ1) is 21.6. The second-order valence-electron chi connectivity index (χ2n) is 8.40. The predicted molar refractivity (Wildman–Crippen MR) is 141 cm³/mol. The number of nitrogens with zero attached hydrogens (tertiary/aromatic N) is 3. The fourth-order valence-electron chi connectivity index (χ4n) is 4.67. The Morgan fingerprint density at radius 2 is 0.909 bits per heavy atom. The summed E-state index contributed by atoms with van der Waals surface area (Å²) in [5.74, 6) is 0. The van der Waals surface area contributed by atoms with Crippen LogP contribution in [0.1, 0.15) is 19.3 Å². The summed E-state index contributed by atoms with van der Waals surface area (Å²) in [4.78, 5) is 0. The van der Waals surface area contributed by atoms with Gasteiger partial charge in [0, 0.05) is 13.1 Å². The van der Waals surface area contributed by atoms with Crippen LogP contribution in [-0.4, -0.2) is 18.1 Å². The molecule has 0 N–H and O–H groups in total.